The number of benzene rings is 1. The van der Waals surface area contributed by atoms with Gasteiger partial charge in [0.15, 0.2) is 0 Å². The van der Waals surface area contributed by atoms with Crippen LogP contribution in [0.25, 0.3) is 0 Å². The minimum Gasteiger partial charge on any atom is -0.449 e. The molecule has 2 aliphatic rings. The average Bonchev–Trinajstić information content (AvgIpc) is 3.70. The summed E-state index contributed by atoms with van der Waals surface area (Å²) in [5, 5.41) is 10.8. The van der Waals surface area contributed by atoms with E-state index in [1.165, 1.54) is 4.90 Å². The fourth-order valence-corrected chi connectivity index (χ4v) is 7.47. The molecule has 1 aliphatic heterocycles. The van der Waals surface area contributed by atoms with Crippen molar-refractivity contribution in [3.63, 3.8) is 0 Å². The van der Waals surface area contributed by atoms with Crippen molar-refractivity contribution < 1.29 is 38.2 Å². The summed E-state index contributed by atoms with van der Waals surface area (Å²) in [6.07, 6.45) is 6.97. The third-order valence-corrected chi connectivity index (χ3v) is 10.5. The molecule has 5 rings (SSSR count). The molecule has 1 saturated heterocycles. The fourth-order valence-electron chi connectivity index (χ4n) is 7.47. The van der Waals surface area contributed by atoms with E-state index in [2.05, 4.69) is 31.2 Å². The van der Waals surface area contributed by atoms with E-state index in [0.717, 1.165) is 37.7 Å². The van der Waals surface area contributed by atoms with Gasteiger partial charge in [0, 0.05) is 25.4 Å². The van der Waals surface area contributed by atoms with Gasteiger partial charge >= 0.3 is 6.09 Å². The highest BCUT2D eigenvalue weighted by molar-refractivity contribution is 6.38. The Hall–Kier alpha value is -5.70. The van der Waals surface area contributed by atoms with Crippen LogP contribution in [0.1, 0.15) is 95.1 Å². The van der Waals surface area contributed by atoms with Crippen molar-refractivity contribution in [3.8, 4) is 0 Å². The van der Waals surface area contributed by atoms with E-state index in [0.29, 0.717) is 17.8 Å². The van der Waals surface area contributed by atoms with Crippen LogP contribution in [0.5, 0.6) is 0 Å². The molecule has 2 fully saturated rings. The summed E-state index contributed by atoms with van der Waals surface area (Å²) in [6, 6.07) is 16.1. The molecule has 1 aromatic carbocycles. The molecule has 3 aromatic rings. The largest absolute Gasteiger partial charge is 0.449 e. The first-order chi connectivity index (χ1) is 28.5. The number of likely N-dealkylation sites (tertiary alicyclic amines) is 1. The van der Waals surface area contributed by atoms with Gasteiger partial charge in [-0.25, -0.2) is 4.79 Å². The van der Waals surface area contributed by atoms with Gasteiger partial charge in [0.2, 0.25) is 23.5 Å². The molecule has 1 aliphatic carbocycles. The number of ketones is 1. The maximum Gasteiger partial charge on any atom is 0.407 e. The number of pyridine rings is 2. The molecular formula is C44H57N7O8. The predicted octanol–water partition coefficient (Wildman–Crippen LogP) is 4.17. The second kappa shape index (κ2) is 22.4. The molecule has 15 heteroatoms. The third-order valence-electron chi connectivity index (χ3n) is 10.5. The number of hydrogen-bond donors (Lipinski definition) is 4. The summed E-state index contributed by atoms with van der Waals surface area (Å²) < 4.78 is 11.6. The lowest BCUT2D eigenvalue weighted by molar-refractivity contribution is -0.143. The zero-order valence-electron chi connectivity index (χ0n) is 34.1. The number of amides is 5. The summed E-state index contributed by atoms with van der Waals surface area (Å²) >= 11 is 0. The molecule has 0 bridgehead atoms. The van der Waals surface area contributed by atoms with Crippen molar-refractivity contribution in [2.75, 3.05) is 19.7 Å². The monoisotopic (exact) mass is 811 g/mol. The SMILES string of the molecule is CCCC(NC(=O)[C@@H]1C[C@@H](OCc2ccccc2)CN1C(=O)C(NC(=O)OCC(C)C)C1CCCCC1)C(=O)C(=O)NCC(=O)NC(c1ccccn1)c1ccccn1. The molecule has 5 amide bonds. The number of aromatic nitrogens is 2. The lowest BCUT2D eigenvalue weighted by Gasteiger charge is -2.34. The van der Waals surface area contributed by atoms with Crippen LogP contribution in [0.3, 0.4) is 0 Å². The molecule has 2 aromatic heterocycles. The minimum atomic E-state index is -1.23. The van der Waals surface area contributed by atoms with Crippen LogP contribution in [-0.4, -0.2) is 94.3 Å². The van der Waals surface area contributed by atoms with E-state index < -0.39 is 72.3 Å². The lowest BCUT2D eigenvalue weighted by atomic mass is 9.83. The van der Waals surface area contributed by atoms with Gasteiger partial charge in [-0.05, 0) is 60.9 Å². The average molecular weight is 812 g/mol. The van der Waals surface area contributed by atoms with Crippen molar-refractivity contribution in [2.45, 2.75) is 109 Å². The van der Waals surface area contributed by atoms with Crippen molar-refractivity contribution in [2.24, 2.45) is 11.8 Å². The second-order valence-corrected chi connectivity index (χ2v) is 15.6. The molecule has 316 valence electrons. The lowest BCUT2D eigenvalue weighted by Crippen LogP contribution is -2.58. The Morgan fingerprint density at radius 2 is 1.49 bits per heavy atom. The van der Waals surface area contributed by atoms with Crippen molar-refractivity contribution in [1.29, 1.82) is 0 Å². The van der Waals surface area contributed by atoms with Crippen LogP contribution in [0.15, 0.2) is 79.1 Å². The fraction of sp³-hybridized carbons (Fsp3) is 0.500. The summed E-state index contributed by atoms with van der Waals surface area (Å²) in [5.74, 6) is -3.68. The van der Waals surface area contributed by atoms with Crippen molar-refractivity contribution in [1.82, 2.24) is 36.1 Å². The van der Waals surface area contributed by atoms with E-state index in [1.807, 2.05) is 51.1 Å². The summed E-state index contributed by atoms with van der Waals surface area (Å²) in [4.78, 5) is 91.8. The molecule has 1 saturated carbocycles. The quantitative estimate of drug-likeness (QED) is 0.128. The van der Waals surface area contributed by atoms with Gasteiger partial charge in [0.25, 0.3) is 5.91 Å². The van der Waals surface area contributed by atoms with Gasteiger partial charge in [0.05, 0.1) is 43.3 Å². The third kappa shape index (κ3) is 13.2. The van der Waals surface area contributed by atoms with Crippen molar-refractivity contribution >= 4 is 35.5 Å². The maximum atomic E-state index is 14.6. The van der Waals surface area contributed by atoms with Crippen LogP contribution in [0.4, 0.5) is 4.79 Å². The number of alkyl carbamates (subject to hydrolysis) is 1. The van der Waals surface area contributed by atoms with Gasteiger partial charge in [-0.2, -0.15) is 0 Å². The van der Waals surface area contributed by atoms with Gasteiger partial charge < -0.3 is 35.6 Å². The predicted molar refractivity (Wildman–Crippen MR) is 218 cm³/mol. The number of rotatable bonds is 19. The number of nitrogens with one attached hydrogen (secondary N) is 4. The topological polar surface area (TPSA) is 198 Å². The number of ether oxygens (including phenoxy) is 2. The Labute approximate surface area is 345 Å². The Balaban J connectivity index is 1.28. The first kappa shape index (κ1) is 44.4. The standard InChI is InChI=1S/C44H57N7O8/c1-4-15-35(40(53)42(55)47-25-37(52)49-39(33-20-11-13-22-45-33)34-21-12-14-23-46-34)48-41(54)36-24-32(58-28-30-16-7-5-8-17-30)26-51(36)43(56)38(31-18-9-6-10-19-31)50-44(57)59-27-29(2)3/h5,7-8,11-14,16-17,20-23,29,31-32,35-36,38-39H,4,6,9-10,15,18-19,24-28H2,1-3H3,(H,47,55)(H,48,54)(H,49,52)(H,50,57)/t32-,35?,36+,38?/m1/s1. The highest BCUT2D eigenvalue weighted by Crippen LogP contribution is 2.30. The summed E-state index contributed by atoms with van der Waals surface area (Å²) in [7, 11) is 0. The highest BCUT2D eigenvalue weighted by atomic mass is 16.5. The number of carbonyl (C=O) groups is 6. The van der Waals surface area contributed by atoms with Crippen LogP contribution in [0, 0.1) is 11.8 Å². The van der Waals surface area contributed by atoms with E-state index in [4.69, 9.17) is 9.47 Å². The molecule has 3 heterocycles. The molecule has 0 radical (unpaired) electrons. The first-order valence-electron chi connectivity index (χ1n) is 20.7. The maximum absolute atomic E-state index is 14.6. The highest BCUT2D eigenvalue weighted by Gasteiger charge is 2.45. The number of Topliss-reactive ketones (excluding diaryl/α,β-unsaturated/α-hetero) is 1. The van der Waals surface area contributed by atoms with E-state index in [9.17, 15) is 28.8 Å². The zero-order chi connectivity index (χ0) is 42.1. The van der Waals surface area contributed by atoms with Crippen LogP contribution < -0.4 is 21.3 Å². The molecule has 4 atom stereocenters. The molecule has 2 unspecified atom stereocenters. The summed E-state index contributed by atoms with van der Waals surface area (Å²) in [5.41, 5.74) is 1.99. The summed E-state index contributed by atoms with van der Waals surface area (Å²) in [6.45, 7) is 5.64. The number of hydrogen-bond acceptors (Lipinski definition) is 10. The zero-order valence-corrected chi connectivity index (χ0v) is 34.1. The van der Waals surface area contributed by atoms with Gasteiger partial charge in [-0.1, -0.05) is 88.9 Å². The number of carbonyl (C=O) groups excluding carboxylic acids is 6. The van der Waals surface area contributed by atoms with Crippen LogP contribution in [-0.2, 0) is 40.1 Å². The van der Waals surface area contributed by atoms with Gasteiger partial charge in [0.1, 0.15) is 18.1 Å². The molecule has 0 spiro atoms. The molecule has 4 N–H and O–H groups in total. The Morgan fingerprint density at radius 3 is 2.10 bits per heavy atom. The van der Waals surface area contributed by atoms with E-state index >= 15 is 0 Å². The molecule has 59 heavy (non-hydrogen) atoms. The smallest absolute Gasteiger partial charge is 0.407 e. The molecule has 15 nitrogen and oxygen atoms in total. The van der Waals surface area contributed by atoms with Gasteiger partial charge in [-0.15, -0.1) is 0 Å². The minimum absolute atomic E-state index is 0.0790. The Morgan fingerprint density at radius 1 is 0.831 bits per heavy atom. The normalized spacial score (nSPS) is 17.8. The Bertz CT molecular complexity index is 1800. The molecular weight excluding hydrogens is 755 g/mol. The van der Waals surface area contributed by atoms with Crippen LogP contribution in [0.2, 0.25) is 0 Å². The van der Waals surface area contributed by atoms with Gasteiger partial charge in [-0.3, -0.25) is 33.9 Å². The Kier molecular flexibility index (Phi) is 16.9. The van der Waals surface area contributed by atoms with E-state index in [1.54, 1.807) is 48.8 Å². The van der Waals surface area contributed by atoms with Crippen LogP contribution >= 0.6 is 0 Å². The number of nitrogens with zero attached hydrogens (tertiary/aromatic N) is 3. The van der Waals surface area contributed by atoms with Crippen molar-refractivity contribution in [3.05, 3.63) is 96.1 Å². The first-order valence-corrected chi connectivity index (χ1v) is 20.7. The second-order valence-electron chi connectivity index (χ2n) is 15.6. The van der Waals surface area contributed by atoms with E-state index in [-0.39, 0.29) is 44.4 Å².